The number of nitrogens with zero attached hydrogens (tertiary/aromatic N) is 3. The average Bonchev–Trinajstić information content (AvgIpc) is 2.85. The molecule has 1 N–H and O–H groups in total. The van der Waals surface area contributed by atoms with Crippen LogP contribution >= 0.6 is 0 Å². The molecule has 1 fully saturated rings. The summed E-state index contributed by atoms with van der Waals surface area (Å²) in [6.07, 6.45) is 0.985. The van der Waals surface area contributed by atoms with Crippen LogP contribution in [0.2, 0.25) is 0 Å². The Labute approximate surface area is 129 Å². The van der Waals surface area contributed by atoms with E-state index in [9.17, 15) is 9.90 Å². The number of imidazole rings is 1. The van der Waals surface area contributed by atoms with Crippen molar-refractivity contribution in [2.75, 3.05) is 26.3 Å². The van der Waals surface area contributed by atoms with E-state index in [2.05, 4.69) is 16.4 Å². The maximum Gasteiger partial charge on any atom is 0.335 e. The summed E-state index contributed by atoms with van der Waals surface area (Å²) >= 11 is 0. The lowest BCUT2D eigenvalue weighted by molar-refractivity contribution is 0.0326. The molecule has 6 heteroatoms. The Balaban J connectivity index is 1.97. The zero-order valence-corrected chi connectivity index (χ0v) is 12.8. The SMILES string of the molecule is CCCn1c(CN2CCOCC2)nc2ccc(C(=O)O)cc21. The van der Waals surface area contributed by atoms with Crippen LogP contribution in [-0.4, -0.2) is 51.8 Å². The standard InChI is InChI=1S/C16H21N3O3/c1-2-5-19-14-10-12(16(20)21)3-4-13(14)17-15(19)11-18-6-8-22-9-7-18/h3-4,10H,2,5-9,11H2,1H3,(H,20,21). The number of ether oxygens (including phenoxy) is 1. The van der Waals surface area contributed by atoms with Gasteiger partial charge in [-0.25, -0.2) is 9.78 Å². The van der Waals surface area contributed by atoms with Crippen LogP contribution in [0.25, 0.3) is 11.0 Å². The summed E-state index contributed by atoms with van der Waals surface area (Å²) in [4.78, 5) is 18.2. The van der Waals surface area contributed by atoms with Gasteiger partial charge in [-0.1, -0.05) is 6.92 Å². The fourth-order valence-electron chi connectivity index (χ4n) is 2.86. The number of rotatable bonds is 5. The number of hydrogen-bond acceptors (Lipinski definition) is 4. The van der Waals surface area contributed by atoms with Gasteiger partial charge < -0.3 is 14.4 Å². The third-order valence-corrected chi connectivity index (χ3v) is 3.99. The van der Waals surface area contributed by atoms with Crippen molar-refractivity contribution in [1.82, 2.24) is 14.5 Å². The number of fused-ring (bicyclic) bond motifs is 1. The summed E-state index contributed by atoms with van der Waals surface area (Å²) < 4.78 is 7.53. The van der Waals surface area contributed by atoms with E-state index in [0.717, 1.165) is 62.7 Å². The maximum absolute atomic E-state index is 11.2. The van der Waals surface area contributed by atoms with Crippen molar-refractivity contribution < 1.29 is 14.6 Å². The van der Waals surface area contributed by atoms with Crippen molar-refractivity contribution >= 4 is 17.0 Å². The van der Waals surface area contributed by atoms with Crippen molar-refractivity contribution in [3.05, 3.63) is 29.6 Å². The first-order valence-electron chi connectivity index (χ1n) is 7.71. The molecule has 2 heterocycles. The van der Waals surface area contributed by atoms with Gasteiger partial charge in [0, 0.05) is 19.6 Å². The Morgan fingerprint density at radius 2 is 2.14 bits per heavy atom. The van der Waals surface area contributed by atoms with E-state index in [4.69, 9.17) is 9.72 Å². The Morgan fingerprint density at radius 1 is 1.36 bits per heavy atom. The third kappa shape index (κ3) is 2.98. The molecule has 1 saturated heterocycles. The first-order valence-corrected chi connectivity index (χ1v) is 7.71. The number of benzene rings is 1. The molecule has 118 valence electrons. The van der Waals surface area contributed by atoms with Crippen molar-refractivity contribution in [1.29, 1.82) is 0 Å². The highest BCUT2D eigenvalue weighted by Crippen LogP contribution is 2.20. The molecule has 0 spiro atoms. The van der Waals surface area contributed by atoms with Crippen molar-refractivity contribution in [2.24, 2.45) is 0 Å². The maximum atomic E-state index is 11.2. The molecule has 1 aliphatic heterocycles. The van der Waals surface area contributed by atoms with Crippen LogP contribution in [0.3, 0.4) is 0 Å². The van der Waals surface area contributed by atoms with Gasteiger partial charge in [0.1, 0.15) is 5.82 Å². The molecule has 0 unspecified atom stereocenters. The molecule has 22 heavy (non-hydrogen) atoms. The minimum Gasteiger partial charge on any atom is -0.478 e. The third-order valence-electron chi connectivity index (χ3n) is 3.99. The summed E-state index contributed by atoms with van der Waals surface area (Å²) in [7, 11) is 0. The fourth-order valence-corrected chi connectivity index (χ4v) is 2.86. The predicted octanol–water partition coefficient (Wildman–Crippen LogP) is 1.98. The number of hydrogen-bond donors (Lipinski definition) is 1. The summed E-state index contributed by atoms with van der Waals surface area (Å²) in [6.45, 7) is 7.09. The Kier molecular flexibility index (Phi) is 4.40. The molecule has 0 radical (unpaired) electrons. The van der Waals surface area contributed by atoms with Crippen LogP contribution in [-0.2, 0) is 17.8 Å². The Morgan fingerprint density at radius 3 is 2.82 bits per heavy atom. The molecule has 0 saturated carbocycles. The first-order chi connectivity index (χ1) is 10.7. The summed E-state index contributed by atoms with van der Waals surface area (Å²) in [5.74, 6) is 0.0992. The van der Waals surface area contributed by atoms with Gasteiger partial charge in [-0.2, -0.15) is 0 Å². The zero-order valence-electron chi connectivity index (χ0n) is 12.8. The molecular weight excluding hydrogens is 282 g/mol. The van der Waals surface area contributed by atoms with Crippen molar-refractivity contribution in [3.63, 3.8) is 0 Å². The van der Waals surface area contributed by atoms with E-state index in [1.165, 1.54) is 0 Å². The minimum atomic E-state index is -0.902. The van der Waals surface area contributed by atoms with Crippen LogP contribution in [0, 0.1) is 0 Å². The number of carboxylic acid groups (broad SMARTS) is 1. The van der Waals surface area contributed by atoms with Gasteiger partial charge in [-0.15, -0.1) is 0 Å². The highest BCUT2D eigenvalue weighted by Gasteiger charge is 2.17. The molecule has 3 rings (SSSR count). The number of morpholine rings is 1. The number of aryl methyl sites for hydroxylation is 1. The van der Waals surface area contributed by atoms with Crippen molar-refractivity contribution in [3.8, 4) is 0 Å². The smallest absolute Gasteiger partial charge is 0.335 e. The van der Waals surface area contributed by atoms with Crippen LogP contribution < -0.4 is 0 Å². The van der Waals surface area contributed by atoms with Gasteiger partial charge in [-0.05, 0) is 24.6 Å². The predicted molar refractivity (Wildman–Crippen MR) is 83.1 cm³/mol. The molecule has 0 amide bonds. The molecule has 0 aliphatic carbocycles. The minimum absolute atomic E-state index is 0.308. The Hall–Kier alpha value is -1.92. The largest absolute Gasteiger partial charge is 0.478 e. The lowest BCUT2D eigenvalue weighted by atomic mass is 10.2. The molecule has 6 nitrogen and oxygen atoms in total. The molecule has 1 aliphatic rings. The van der Waals surface area contributed by atoms with E-state index in [0.29, 0.717) is 5.56 Å². The van der Waals surface area contributed by atoms with E-state index < -0.39 is 5.97 Å². The van der Waals surface area contributed by atoms with Crippen LogP contribution in [0.1, 0.15) is 29.5 Å². The number of carbonyl (C=O) groups is 1. The van der Waals surface area contributed by atoms with Gasteiger partial charge in [0.05, 0.1) is 36.4 Å². The second kappa shape index (κ2) is 6.46. The van der Waals surface area contributed by atoms with Gasteiger partial charge in [0.2, 0.25) is 0 Å². The van der Waals surface area contributed by atoms with E-state index >= 15 is 0 Å². The molecule has 0 bridgehead atoms. The molecule has 1 aromatic heterocycles. The normalized spacial score (nSPS) is 16.2. The highest BCUT2D eigenvalue weighted by atomic mass is 16.5. The summed E-state index contributed by atoms with van der Waals surface area (Å²) in [5, 5.41) is 9.18. The Bertz CT molecular complexity index is 675. The zero-order chi connectivity index (χ0) is 15.5. The van der Waals surface area contributed by atoms with E-state index in [1.807, 2.05) is 0 Å². The van der Waals surface area contributed by atoms with Crippen LogP contribution in [0.15, 0.2) is 18.2 Å². The van der Waals surface area contributed by atoms with Gasteiger partial charge in [0.15, 0.2) is 0 Å². The van der Waals surface area contributed by atoms with Gasteiger partial charge in [-0.3, -0.25) is 4.90 Å². The average molecular weight is 303 g/mol. The summed E-state index contributed by atoms with van der Waals surface area (Å²) in [6, 6.07) is 5.14. The highest BCUT2D eigenvalue weighted by molar-refractivity contribution is 5.92. The molecule has 1 aromatic carbocycles. The van der Waals surface area contributed by atoms with Crippen molar-refractivity contribution in [2.45, 2.75) is 26.4 Å². The molecule has 2 aromatic rings. The van der Waals surface area contributed by atoms with Gasteiger partial charge >= 0.3 is 5.97 Å². The summed E-state index contributed by atoms with van der Waals surface area (Å²) in [5.41, 5.74) is 2.08. The fraction of sp³-hybridized carbons (Fsp3) is 0.500. The lowest BCUT2D eigenvalue weighted by Gasteiger charge is -2.26. The number of aromatic carboxylic acids is 1. The van der Waals surface area contributed by atoms with E-state index in [1.54, 1.807) is 18.2 Å². The van der Waals surface area contributed by atoms with Crippen LogP contribution in [0.4, 0.5) is 0 Å². The lowest BCUT2D eigenvalue weighted by Crippen LogP contribution is -2.36. The topological polar surface area (TPSA) is 67.6 Å². The monoisotopic (exact) mass is 303 g/mol. The first kappa shape index (κ1) is 15.0. The molecule has 0 atom stereocenters. The number of carboxylic acids is 1. The van der Waals surface area contributed by atoms with E-state index in [-0.39, 0.29) is 0 Å². The second-order valence-corrected chi connectivity index (χ2v) is 5.58. The second-order valence-electron chi connectivity index (χ2n) is 5.58. The number of aromatic nitrogens is 2. The van der Waals surface area contributed by atoms with Gasteiger partial charge in [0.25, 0.3) is 0 Å². The van der Waals surface area contributed by atoms with Crippen LogP contribution in [0.5, 0.6) is 0 Å². The molecular formula is C16H21N3O3. The quantitative estimate of drug-likeness (QED) is 0.915.